The van der Waals surface area contributed by atoms with Gasteiger partial charge < -0.3 is 14.8 Å². The molecule has 0 aliphatic carbocycles. The molecule has 0 radical (unpaired) electrons. The highest BCUT2D eigenvalue weighted by Gasteiger charge is 2.20. The third kappa shape index (κ3) is 2.90. The molecule has 3 aromatic rings. The van der Waals surface area contributed by atoms with Crippen molar-refractivity contribution in [3.63, 3.8) is 0 Å². The minimum atomic E-state index is -0.567. The number of carbonyl (C=O) groups is 1. The number of hydrogen-bond donors (Lipinski definition) is 2. The number of H-pyrrole nitrogens is 1. The number of aromatic hydroxyl groups is 1. The van der Waals surface area contributed by atoms with Gasteiger partial charge in [-0.25, -0.2) is 4.79 Å². The van der Waals surface area contributed by atoms with Crippen LogP contribution >= 0.6 is 11.3 Å². The van der Waals surface area contributed by atoms with Crippen LogP contribution in [0.4, 0.5) is 11.6 Å². The van der Waals surface area contributed by atoms with E-state index in [0.29, 0.717) is 15.8 Å². The SMILES string of the molecule is CCOC(=O)c1cc(O)c2cc(C)sc2c1/N=N/c1nnc[nH]1. The summed E-state index contributed by atoms with van der Waals surface area (Å²) in [5.41, 5.74) is 0.493. The van der Waals surface area contributed by atoms with E-state index in [-0.39, 0.29) is 23.9 Å². The zero-order valence-corrected chi connectivity index (χ0v) is 13.2. The third-order valence-electron chi connectivity index (χ3n) is 3.03. The Hall–Kier alpha value is -2.81. The maximum absolute atomic E-state index is 12.2. The van der Waals surface area contributed by atoms with E-state index < -0.39 is 5.97 Å². The van der Waals surface area contributed by atoms with Gasteiger partial charge in [0.2, 0.25) is 0 Å². The van der Waals surface area contributed by atoms with Gasteiger partial charge in [-0.3, -0.25) is 0 Å². The van der Waals surface area contributed by atoms with Crippen molar-refractivity contribution in [1.29, 1.82) is 0 Å². The first-order valence-corrected chi connectivity index (χ1v) is 7.62. The second-order valence-corrected chi connectivity index (χ2v) is 5.88. The predicted molar refractivity (Wildman–Crippen MR) is 84.7 cm³/mol. The standard InChI is InChI=1S/C14H13N5O3S/c1-3-22-13(21)9-5-10(20)8-4-7(2)23-12(8)11(9)17-19-14-15-6-16-18-14/h4-6,20H,3H2,1-2H3,(H,15,16,18)/b19-17+. The van der Waals surface area contributed by atoms with Gasteiger partial charge in [0.05, 0.1) is 16.9 Å². The minimum absolute atomic E-state index is 0.00557. The molecule has 9 heteroatoms. The Balaban J connectivity index is 2.20. The number of esters is 1. The van der Waals surface area contributed by atoms with Gasteiger partial charge in [0, 0.05) is 10.3 Å². The number of fused-ring (bicyclic) bond motifs is 1. The largest absolute Gasteiger partial charge is 0.507 e. The third-order valence-corrected chi connectivity index (χ3v) is 4.08. The molecule has 0 aliphatic rings. The average molecular weight is 331 g/mol. The van der Waals surface area contributed by atoms with Crippen LogP contribution in [-0.2, 0) is 4.74 Å². The van der Waals surface area contributed by atoms with E-state index in [1.807, 2.05) is 13.0 Å². The first-order valence-electron chi connectivity index (χ1n) is 6.81. The molecular weight excluding hydrogens is 318 g/mol. The van der Waals surface area contributed by atoms with Gasteiger partial charge in [-0.2, -0.15) is 0 Å². The molecule has 2 heterocycles. The van der Waals surface area contributed by atoms with E-state index in [1.54, 1.807) is 6.92 Å². The molecule has 0 unspecified atom stereocenters. The predicted octanol–water partition coefficient (Wildman–Crippen LogP) is 3.63. The van der Waals surface area contributed by atoms with Crippen molar-refractivity contribution in [3.8, 4) is 5.75 Å². The second kappa shape index (κ2) is 6.13. The smallest absolute Gasteiger partial charge is 0.340 e. The summed E-state index contributed by atoms with van der Waals surface area (Å²) in [6, 6.07) is 3.18. The van der Waals surface area contributed by atoms with Crippen LogP contribution < -0.4 is 0 Å². The zero-order chi connectivity index (χ0) is 16.4. The van der Waals surface area contributed by atoms with E-state index in [9.17, 15) is 9.90 Å². The van der Waals surface area contributed by atoms with E-state index in [0.717, 1.165) is 4.88 Å². The number of benzene rings is 1. The first-order chi connectivity index (χ1) is 11.1. The van der Waals surface area contributed by atoms with Crippen molar-refractivity contribution in [2.24, 2.45) is 10.2 Å². The Kier molecular flexibility index (Phi) is 4.02. The molecule has 3 rings (SSSR count). The number of nitrogens with one attached hydrogen (secondary N) is 1. The van der Waals surface area contributed by atoms with Crippen LogP contribution in [0.25, 0.3) is 10.1 Å². The summed E-state index contributed by atoms with van der Waals surface area (Å²) in [5, 5.41) is 26.2. The lowest BCUT2D eigenvalue weighted by atomic mass is 10.1. The highest BCUT2D eigenvalue weighted by molar-refractivity contribution is 7.19. The van der Waals surface area contributed by atoms with Crippen LogP contribution in [0.5, 0.6) is 5.75 Å². The van der Waals surface area contributed by atoms with Gasteiger partial charge in [-0.05, 0) is 26.0 Å². The molecule has 118 valence electrons. The highest BCUT2D eigenvalue weighted by Crippen LogP contribution is 2.42. The van der Waals surface area contributed by atoms with Crippen molar-refractivity contribution < 1.29 is 14.6 Å². The Bertz CT molecular complexity index is 886. The molecule has 8 nitrogen and oxygen atoms in total. The van der Waals surface area contributed by atoms with Crippen molar-refractivity contribution in [3.05, 3.63) is 28.9 Å². The lowest BCUT2D eigenvalue weighted by Crippen LogP contribution is -2.04. The van der Waals surface area contributed by atoms with Gasteiger partial charge in [-0.1, -0.05) is 0 Å². The summed E-state index contributed by atoms with van der Waals surface area (Å²) in [5.74, 6) is -0.345. The molecule has 0 aliphatic heterocycles. The summed E-state index contributed by atoms with van der Waals surface area (Å²) in [4.78, 5) is 15.8. The summed E-state index contributed by atoms with van der Waals surface area (Å²) in [6.07, 6.45) is 1.38. The first kappa shape index (κ1) is 15.1. The number of azo groups is 1. The molecular formula is C14H13N5O3S. The quantitative estimate of drug-likeness (QED) is 0.560. The Labute approximate surface area is 134 Å². The number of nitrogens with zero attached hydrogens (tertiary/aromatic N) is 4. The minimum Gasteiger partial charge on any atom is -0.507 e. The van der Waals surface area contributed by atoms with Crippen LogP contribution in [-0.4, -0.2) is 32.9 Å². The lowest BCUT2D eigenvalue weighted by Gasteiger charge is -2.07. The zero-order valence-electron chi connectivity index (χ0n) is 12.4. The average Bonchev–Trinajstić information content (AvgIpc) is 3.15. The van der Waals surface area contributed by atoms with Gasteiger partial charge in [0.15, 0.2) is 0 Å². The van der Waals surface area contributed by atoms with Crippen LogP contribution in [0.2, 0.25) is 0 Å². The number of rotatable bonds is 4. The lowest BCUT2D eigenvalue weighted by molar-refractivity contribution is 0.0527. The van der Waals surface area contributed by atoms with Crippen molar-refractivity contribution in [2.45, 2.75) is 13.8 Å². The van der Waals surface area contributed by atoms with Crippen molar-refractivity contribution in [1.82, 2.24) is 15.2 Å². The summed E-state index contributed by atoms with van der Waals surface area (Å²) in [7, 11) is 0. The summed E-state index contributed by atoms with van der Waals surface area (Å²) >= 11 is 1.41. The molecule has 0 atom stereocenters. The van der Waals surface area contributed by atoms with Gasteiger partial charge in [0.1, 0.15) is 17.8 Å². The molecule has 0 saturated heterocycles. The van der Waals surface area contributed by atoms with Crippen molar-refractivity contribution >= 4 is 39.0 Å². The van der Waals surface area contributed by atoms with Crippen LogP contribution in [0, 0.1) is 6.92 Å². The van der Waals surface area contributed by atoms with Crippen LogP contribution in [0.3, 0.4) is 0 Å². The number of aryl methyl sites for hydroxylation is 1. The molecule has 23 heavy (non-hydrogen) atoms. The van der Waals surface area contributed by atoms with Crippen LogP contribution in [0.1, 0.15) is 22.2 Å². The number of carbonyl (C=O) groups excluding carboxylic acids is 1. The topological polar surface area (TPSA) is 113 Å². The number of ether oxygens (including phenoxy) is 1. The Morgan fingerprint density at radius 2 is 2.26 bits per heavy atom. The highest BCUT2D eigenvalue weighted by atomic mass is 32.1. The molecule has 0 spiro atoms. The number of phenols is 1. The fourth-order valence-corrected chi connectivity index (χ4v) is 3.11. The summed E-state index contributed by atoms with van der Waals surface area (Å²) < 4.78 is 5.69. The normalized spacial score (nSPS) is 11.4. The second-order valence-electron chi connectivity index (χ2n) is 4.62. The monoisotopic (exact) mass is 331 g/mol. The van der Waals surface area contributed by atoms with E-state index in [1.165, 1.54) is 23.7 Å². The van der Waals surface area contributed by atoms with Gasteiger partial charge >= 0.3 is 5.97 Å². The number of aromatic nitrogens is 3. The van der Waals surface area contributed by atoms with E-state index in [4.69, 9.17) is 4.74 Å². The van der Waals surface area contributed by atoms with Gasteiger partial charge in [-0.15, -0.1) is 31.8 Å². The Morgan fingerprint density at radius 1 is 1.43 bits per heavy atom. The maximum atomic E-state index is 12.2. The van der Waals surface area contributed by atoms with Crippen LogP contribution in [0.15, 0.2) is 28.7 Å². The van der Waals surface area contributed by atoms with E-state index >= 15 is 0 Å². The van der Waals surface area contributed by atoms with E-state index in [2.05, 4.69) is 25.4 Å². The number of phenolic OH excluding ortho intramolecular Hbond substituents is 1. The molecule has 0 amide bonds. The van der Waals surface area contributed by atoms with Crippen molar-refractivity contribution in [2.75, 3.05) is 6.61 Å². The summed E-state index contributed by atoms with van der Waals surface area (Å²) in [6.45, 7) is 3.84. The fourth-order valence-electron chi connectivity index (χ4n) is 2.09. The molecule has 1 aromatic carbocycles. The number of aromatic amines is 1. The number of thiophene rings is 1. The molecule has 0 bridgehead atoms. The molecule has 0 saturated carbocycles. The maximum Gasteiger partial charge on any atom is 0.340 e. The molecule has 2 aromatic heterocycles. The number of hydrogen-bond acceptors (Lipinski definition) is 8. The fraction of sp³-hybridized carbons (Fsp3) is 0.214. The van der Waals surface area contributed by atoms with Gasteiger partial charge in [0.25, 0.3) is 5.95 Å². The Morgan fingerprint density at radius 3 is 2.96 bits per heavy atom. The molecule has 2 N–H and O–H groups in total. The molecule has 0 fully saturated rings.